The zero-order valence-corrected chi connectivity index (χ0v) is 24.3. The van der Waals surface area contributed by atoms with E-state index in [4.69, 9.17) is 0 Å². The van der Waals surface area contributed by atoms with Gasteiger partial charge in [-0.3, -0.25) is 19.6 Å². The Labute approximate surface area is 255 Å². The average molecular weight is 637 g/mol. The van der Waals surface area contributed by atoms with Crippen molar-refractivity contribution in [2.75, 3.05) is 0 Å². The minimum Gasteiger partial charge on any atom is -0.338 e. The van der Waals surface area contributed by atoms with E-state index in [-0.39, 0.29) is 23.0 Å². The molecule has 1 atom stereocenters. The van der Waals surface area contributed by atoms with Gasteiger partial charge < -0.3 is 4.89 Å². The molecule has 0 aliphatic carbocycles. The van der Waals surface area contributed by atoms with Crippen LogP contribution in [0, 0.1) is 11.6 Å². The van der Waals surface area contributed by atoms with Gasteiger partial charge in [-0.25, -0.2) is 8.78 Å². The summed E-state index contributed by atoms with van der Waals surface area (Å²) in [6, 6.07) is 30.0. The summed E-state index contributed by atoms with van der Waals surface area (Å²) in [5, 5.41) is 6.06. The molecule has 0 aliphatic rings. The molecule has 3 heterocycles. The van der Waals surface area contributed by atoms with Gasteiger partial charge in [-0.2, -0.15) is 18.3 Å². The number of benzene rings is 3. The van der Waals surface area contributed by atoms with Gasteiger partial charge in [0.2, 0.25) is 0 Å². The van der Waals surface area contributed by atoms with Gasteiger partial charge in [0.25, 0.3) is 7.37 Å². The first kappa shape index (κ1) is 32.9. The summed E-state index contributed by atoms with van der Waals surface area (Å²) in [6.07, 6.45) is 0.705. The lowest BCUT2D eigenvalue weighted by Gasteiger charge is -2.16. The third-order valence-corrected chi connectivity index (χ3v) is 8.28. The summed E-state index contributed by atoms with van der Waals surface area (Å²) >= 11 is 0. The Morgan fingerprint density at radius 1 is 0.711 bits per heavy atom. The smallest absolute Gasteiger partial charge is 0.338 e. The Morgan fingerprint density at radius 2 is 1.36 bits per heavy atom. The summed E-state index contributed by atoms with van der Waals surface area (Å²) in [7, 11) is -3.79. The predicted octanol–water partition coefficient (Wildman–Crippen LogP) is 7.35. The van der Waals surface area contributed by atoms with E-state index in [0.717, 1.165) is 12.1 Å². The maximum absolute atomic E-state index is 13.9. The lowest BCUT2D eigenvalue weighted by molar-refractivity contribution is -0.141. The van der Waals surface area contributed by atoms with Crippen molar-refractivity contribution in [3.8, 4) is 11.4 Å². The van der Waals surface area contributed by atoms with Gasteiger partial charge in [0.15, 0.2) is 0 Å². The molecule has 6 nitrogen and oxygen atoms in total. The zero-order chi connectivity index (χ0) is 32.3. The van der Waals surface area contributed by atoms with E-state index in [1.807, 2.05) is 23.3 Å². The van der Waals surface area contributed by atoms with Crippen LogP contribution in [0.2, 0.25) is 0 Å². The highest BCUT2D eigenvalue weighted by molar-refractivity contribution is 7.73. The van der Waals surface area contributed by atoms with Crippen LogP contribution in [0.5, 0.6) is 0 Å². The van der Waals surface area contributed by atoms with Crippen molar-refractivity contribution in [3.05, 3.63) is 162 Å². The molecule has 0 saturated carbocycles. The molecule has 45 heavy (non-hydrogen) atoms. The van der Waals surface area contributed by atoms with Gasteiger partial charge in [0.1, 0.15) is 23.0 Å². The number of hydrogen-bond donors (Lipinski definition) is 2. The van der Waals surface area contributed by atoms with Crippen LogP contribution in [0.1, 0.15) is 16.8 Å². The second-order valence-electron chi connectivity index (χ2n) is 9.36. The van der Waals surface area contributed by atoms with Crippen molar-refractivity contribution in [1.82, 2.24) is 20.2 Å². The largest absolute Gasteiger partial charge is 0.432 e. The molecule has 0 amide bonds. The Kier molecular flexibility index (Phi) is 11.1. The van der Waals surface area contributed by atoms with Gasteiger partial charge in [-0.15, -0.1) is 0 Å². The zero-order valence-electron chi connectivity index (χ0n) is 23.4. The normalized spacial score (nSPS) is 12.1. The molecule has 6 aromatic rings. The summed E-state index contributed by atoms with van der Waals surface area (Å²) in [4.78, 5) is 18.3. The van der Waals surface area contributed by atoms with Gasteiger partial charge in [-0.1, -0.05) is 54.6 Å². The molecule has 0 bridgehead atoms. The minimum atomic E-state index is -4.40. The third kappa shape index (κ3) is 9.25. The van der Waals surface area contributed by atoms with Gasteiger partial charge in [0, 0.05) is 41.7 Å². The lowest BCUT2D eigenvalue weighted by atomic mass is 10.0. The monoisotopic (exact) mass is 636 g/mol. The SMILES string of the molecule is FC(F)(F)c1cc(-c2ccccn2)n[nH]1.O=P(O)(c1ccccc1)c1ccccc1Cc1ccc(F)cc1F.c1ccncc1. The summed E-state index contributed by atoms with van der Waals surface area (Å²) in [5.74, 6) is -1.32. The number of nitrogens with one attached hydrogen (secondary N) is 1. The van der Waals surface area contributed by atoms with Crippen LogP contribution in [-0.2, 0) is 17.2 Å². The second kappa shape index (κ2) is 15.1. The number of aromatic amines is 1. The molecule has 0 fully saturated rings. The Balaban J connectivity index is 0.000000185. The maximum atomic E-state index is 13.9. The van der Waals surface area contributed by atoms with Crippen LogP contribution in [0.4, 0.5) is 22.0 Å². The van der Waals surface area contributed by atoms with Crippen molar-refractivity contribution in [2.45, 2.75) is 12.6 Å². The quantitative estimate of drug-likeness (QED) is 0.153. The molecule has 0 saturated heterocycles. The van der Waals surface area contributed by atoms with Crippen LogP contribution >= 0.6 is 7.37 Å². The number of alkyl halides is 3. The van der Waals surface area contributed by atoms with Crippen molar-refractivity contribution in [1.29, 1.82) is 0 Å². The van der Waals surface area contributed by atoms with Crippen LogP contribution < -0.4 is 10.6 Å². The number of H-pyrrole nitrogens is 1. The van der Waals surface area contributed by atoms with Crippen LogP contribution in [-0.4, -0.2) is 25.1 Å². The van der Waals surface area contributed by atoms with Gasteiger partial charge >= 0.3 is 6.18 Å². The topological polar surface area (TPSA) is 91.8 Å². The van der Waals surface area contributed by atoms with Crippen molar-refractivity contribution in [3.63, 3.8) is 0 Å². The van der Waals surface area contributed by atoms with Crippen molar-refractivity contribution in [2.24, 2.45) is 0 Å². The minimum absolute atomic E-state index is 0.111. The van der Waals surface area contributed by atoms with E-state index in [2.05, 4.69) is 15.1 Å². The Hall–Kier alpha value is -4.99. The van der Waals surface area contributed by atoms with E-state index < -0.39 is 30.9 Å². The second-order valence-corrected chi connectivity index (χ2v) is 11.5. The molecule has 12 heteroatoms. The highest BCUT2D eigenvalue weighted by atomic mass is 31.2. The third-order valence-electron chi connectivity index (χ3n) is 6.20. The lowest BCUT2D eigenvalue weighted by Crippen LogP contribution is -2.19. The summed E-state index contributed by atoms with van der Waals surface area (Å²) in [6.45, 7) is 0. The number of hydrogen-bond acceptors (Lipinski definition) is 4. The van der Waals surface area contributed by atoms with E-state index in [1.54, 1.807) is 85.2 Å². The van der Waals surface area contributed by atoms with Crippen LogP contribution in [0.25, 0.3) is 11.4 Å². The highest BCUT2D eigenvalue weighted by Crippen LogP contribution is 2.39. The first-order valence-corrected chi connectivity index (χ1v) is 15.0. The predicted molar refractivity (Wildman–Crippen MR) is 162 cm³/mol. The number of halogens is 5. The van der Waals surface area contributed by atoms with E-state index in [9.17, 15) is 31.4 Å². The summed E-state index contributed by atoms with van der Waals surface area (Å²) < 4.78 is 76.6. The molecule has 0 aliphatic heterocycles. The molecule has 1 unspecified atom stereocenters. The number of nitrogens with zero attached hydrogens (tertiary/aromatic N) is 3. The average Bonchev–Trinajstić information content (AvgIpc) is 3.57. The highest BCUT2D eigenvalue weighted by Gasteiger charge is 2.33. The molecule has 0 radical (unpaired) electrons. The number of aromatic nitrogens is 4. The molecular weight excluding hydrogens is 610 g/mol. The number of pyridine rings is 2. The standard InChI is InChI=1S/C19H15F2O2P.C9H6F3N3.C5H5N/c20-16-11-10-14(18(21)13-16)12-15-6-4-5-9-19(15)24(22,23)17-7-2-1-3-8-17;10-9(11,12)8-5-7(14-15-8)6-3-1-2-4-13-6;1-2-4-6-5-3-1/h1-11,13H,12H2,(H,22,23);1-5H,(H,14,15);1-5H. The molecular formula is C33H26F5N4O2P. The Morgan fingerprint density at radius 3 is 1.93 bits per heavy atom. The number of rotatable bonds is 5. The van der Waals surface area contributed by atoms with E-state index >= 15 is 0 Å². The first-order valence-electron chi connectivity index (χ1n) is 13.4. The maximum Gasteiger partial charge on any atom is 0.432 e. The molecule has 3 aromatic heterocycles. The molecule has 0 spiro atoms. The molecule has 230 valence electrons. The van der Waals surface area contributed by atoms with Gasteiger partial charge in [0.05, 0.1) is 5.69 Å². The van der Waals surface area contributed by atoms with Crippen LogP contribution in [0.15, 0.2) is 134 Å². The van der Waals surface area contributed by atoms with Crippen molar-refractivity contribution < 1.29 is 31.4 Å². The summed E-state index contributed by atoms with van der Waals surface area (Å²) in [5.41, 5.74) is 0.532. The van der Waals surface area contributed by atoms with Crippen molar-refractivity contribution >= 4 is 18.0 Å². The Bertz CT molecular complexity index is 1810. The molecule has 3 aromatic carbocycles. The molecule has 2 N–H and O–H groups in total. The fourth-order valence-electron chi connectivity index (χ4n) is 4.02. The first-order chi connectivity index (χ1) is 21.6. The van der Waals surface area contributed by atoms with E-state index in [0.29, 0.717) is 16.6 Å². The fraction of sp³-hybridized carbons (Fsp3) is 0.0606. The van der Waals surface area contributed by atoms with E-state index in [1.165, 1.54) is 18.3 Å². The fourth-order valence-corrected chi connectivity index (χ4v) is 5.71. The van der Waals surface area contributed by atoms with Crippen LogP contribution in [0.3, 0.4) is 0 Å². The molecule has 6 rings (SSSR count). The van der Waals surface area contributed by atoms with Gasteiger partial charge in [-0.05, 0) is 65.7 Å².